The van der Waals surface area contributed by atoms with Gasteiger partial charge in [0, 0.05) is 32.7 Å². The van der Waals surface area contributed by atoms with Crippen molar-refractivity contribution in [2.75, 3.05) is 50.4 Å². The molecule has 0 unspecified atom stereocenters. The van der Waals surface area contributed by atoms with E-state index in [0.29, 0.717) is 59.5 Å². The summed E-state index contributed by atoms with van der Waals surface area (Å²) in [4.78, 5) is 28.5. The highest BCUT2D eigenvalue weighted by Crippen LogP contribution is 2.26. The van der Waals surface area contributed by atoms with Gasteiger partial charge in [-0.25, -0.2) is 18.4 Å². The average Bonchev–Trinajstić information content (AvgIpc) is 3.53. The fourth-order valence-electron chi connectivity index (χ4n) is 3.45. The highest BCUT2D eigenvalue weighted by Gasteiger charge is 2.22. The molecule has 1 amide bonds. The monoisotopic (exact) mass is 533 g/mol. The Morgan fingerprint density at radius 2 is 2.03 bits per heavy atom. The van der Waals surface area contributed by atoms with Crippen LogP contribution < -0.4 is 10.6 Å². The molecule has 192 valence electrons. The van der Waals surface area contributed by atoms with Crippen LogP contribution in [0.2, 0.25) is 0 Å². The first kappa shape index (κ1) is 25.9. The maximum absolute atomic E-state index is 13.2. The molecule has 1 atom stereocenters. The molecule has 0 radical (unpaired) electrons. The second kappa shape index (κ2) is 11.7. The molecule has 3 heterocycles. The van der Waals surface area contributed by atoms with E-state index in [0.717, 1.165) is 0 Å². The molecule has 0 saturated carbocycles. The lowest BCUT2D eigenvalue weighted by molar-refractivity contribution is -0.110. The van der Waals surface area contributed by atoms with Crippen molar-refractivity contribution in [1.82, 2.24) is 9.97 Å². The number of anilines is 2. The molecule has 2 aromatic heterocycles. The smallest absolute Gasteiger partial charge is 0.280 e. The number of sulfone groups is 1. The SMILES string of the molecule is CNc1ccc2nc(NC(=O)C(=NO[C@@H]3CCOC3)c3ccc(S(=O)(=O)CCCOC)cc3)sc2n1. The Bertz CT molecular complexity index is 1330. The van der Waals surface area contributed by atoms with Crippen LogP contribution in [0.1, 0.15) is 18.4 Å². The third-order valence-corrected chi connectivity index (χ3v) is 8.07. The summed E-state index contributed by atoms with van der Waals surface area (Å²) in [6.07, 6.45) is 0.786. The normalized spacial score (nSPS) is 16.3. The minimum absolute atomic E-state index is 0.00615. The van der Waals surface area contributed by atoms with Crippen LogP contribution >= 0.6 is 11.3 Å². The number of benzene rings is 1. The van der Waals surface area contributed by atoms with E-state index in [4.69, 9.17) is 14.3 Å². The number of nitrogens with one attached hydrogen (secondary N) is 2. The van der Waals surface area contributed by atoms with Gasteiger partial charge in [-0.2, -0.15) is 0 Å². The van der Waals surface area contributed by atoms with E-state index in [1.165, 1.54) is 42.7 Å². The van der Waals surface area contributed by atoms with E-state index in [9.17, 15) is 13.2 Å². The lowest BCUT2D eigenvalue weighted by Crippen LogP contribution is -2.25. The van der Waals surface area contributed by atoms with Crippen molar-refractivity contribution in [3.05, 3.63) is 42.0 Å². The molecule has 1 aromatic carbocycles. The number of fused-ring (bicyclic) bond motifs is 1. The van der Waals surface area contributed by atoms with Gasteiger partial charge < -0.3 is 19.6 Å². The molecular formula is C23H27N5O6S2. The standard InChI is InChI=1S/C23H27N5O6S2/c1-24-19-9-8-18-22(26-19)35-23(25-18)27-21(29)20(28-34-16-10-12-33-14-16)15-4-6-17(7-5-15)36(30,31)13-3-11-32-2/h4-9,16H,3,10-14H2,1-2H3,(H,24,26)(H,25,27,29)/t16-/m1/s1. The minimum atomic E-state index is -3.48. The average molecular weight is 534 g/mol. The maximum atomic E-state index is 13.2. The fraction of sp³-hybridized carbons (Fsp3) is 0.391. The van der Waals surface area contributed by atoms with Crippen molar-refractivity contribution in [1.29, 1.82) is 0 Å². The highest BCUT2D eigenvalue weighted by molar-refractivity contribution is 7.91. The molecular weight excluding hydrogens is 506 g/mol. The molecule has 11 nitrogen and oxygen atoms in total. The quantitative estimate of drug-likeness (QED) is 0.216. The number of pyridine rings is 1. The summed E-state index contributed by atoms with van der Waals surface area (Å²) < 4.78 is 35.4. The molecule has 3 aromatic rings. The van der Waals surface area contributed by atoms with Crippen molar-refractivity contribution in [2.24, 2.45) is 5.16 Å². The number of nitrogens with zero attached hydrogens (tertiary/aromatic N) is 3. The topological polar surface area (TPSA) is 141 Å². The molecule has 0 spiro atoms. The summed E-state index contributed by atoms with van der Waals surface area (Å²) in [7, 11) is -0.183. The summed E-state index contributed by atoms with van der Waals surface area (Å²) in [6, 6.07) is 9.59. The van der Waals surface area contributed by atoms with Gasteiger partial charge in [-0.05, 0) is 30.7 Å². The van der Waals surface area contributed by atoms with E-state index in [-0.39, 0.29) is 22.5 Å². The molecule has 0 aliphatic carbocycles. The minimum Gasteiger partial charge on any atom is -0.389 e. The van der Waals surface area contributed by atoms with Gasteiger partial charge in [-0.15, -0.1) is 0 Å². The number of hydrogen-bond acceptors (Lipinski definition) is 11. The largest absolute Gasteiger partial charge is 0.389 e. The number of aromatic nitrogens is 2. The summed E-state index contributed by atoms with van der Waals surface area (Å²) in [5.74, 6) is 0.112. The number of carbonyl (C=O) groups is 1. The number of hydrogen-bond donors (Lipinski definition) is 2. The number of carbonyl (C=O) groups excluding carboxylic acids is 1. The highest BCUT2D eigenvalue weighted by atomic mass is 32.2. The van der Waals surface area contributed by atoms with Crippen molar-refractivity contribution in [2.45, 2.75) is 23.8 Å². The first-order valence-corrected chi connectivity index (χ1v) is 13.8. The number of methoxy groups -OCH3 is 1. The van der Waals surface area contributed by atoms with E-state index in [2.05, 4.69) is 25.8 Å². The lowest BCUT2D eigenvalue weighted by atomic mass is 10.1. The van der Waals surface area contributed by atoms with E-state index >= 15 is 0 Å². The summed E-state index contributed by atoms with van der Waals surface area (Å²) >= 11 is 1.23. The van der Waals surface area contributed by atoms with Crippen LogP contribution in [0, 0.1) is 0 Å². The Labute approximate surface area is 212 Å². The van der Waals surface area contributed by atoms with E-state index < -0.39 is 15.7 Å². The van der Waals surface area contributed by atoms with E-state index in [1.54, 1.807) is 13.1 Å². The summed E-state index contributed by atoms with van der Waals surface area (Å²) in [6.45, 7) is 1.30. The number of thiazole rings is 1. The van der Waals surface area contributed by atoms with Crippen LogP contribution in [0.4, 0.5) is 10.9 Å². The van der Waals surface area contributed by atoms with Crippen LogP contribution in [-0.4, -0.2) is 75.8 Å². The third kappa shape index (κ3) is 6.35. The molecule has 13 heteroatoms. The molecule has 1 aliphatic rings. The zero-order valence-electron chi connectivity index (χ0n) is 19.9. The van der Waals surface area contributed by atoms with Gasteiger partial charge in [0.15, 0.2) is 26.8 Å². The Hall–Kier alpha value is -3.13. The molecule has 1 fully saturated rings. The molecule has 0 bridgehead atoms. The number of ether oxygens (including phenoxy) is 2. The number of rotatable bonds is 11. The predicted molar refractivity (Wildman–Crippen MR) is 137 cm³/mol. The molecule has 1 saturated heterocycles. The van der Waals surface area contributed by atoms with Crippen LogP contribution in [0.3, 0.4) is 0 Å². The van der Waals surface area contributed by atoms with Gasteiger partial charge in [-0.3, -0.25) is 10.1 Å². The van der Waals surface area contributed by atoms with E-state index in [1.807, 2.05) is 6.07 Å². The Morgan fingerprint density at radius 1 is 1.22 bits per heavy atom. The van der Waals surface area contributed by atoms with Gasteiger partial charge in [-0.1, -0.05) is 28.6 Å². The van der Waals surface area contributed by atoms with Crippen molar-refractivity contribution < 1.29 is 27.5 Å². The second-order valence-corrected chi connectivity index (χ2v) is 11.1. The molecule has 1 aliphatic heterocycles. The second-order valence-electron chi connectivity index (χ2n) is 7.96. The lowest BCUT2D eigenvalue weighted by Gasteiger charge is -2.10. The Kier molecular flexibility index (Phi) is 8.46. The van der Waals surface area contributed by atoms with Crippen LogP contribution in [0.25, 0.3) is 10.3 Å². The number of oxime groups is 1. The van der Waals surface area contributed by atoms with Gasteiger partial charge in [0.05, 0.1) is 23.9 Å². The zero-order valence-corrected chi connectivity index (χ0v) is 21.5. The third-order valence-electron chi connectivity index (χ3n) is 5.38. The predicted octanol–water partition coefficient (Wildman–Crippen LogP) is 2.69. The van der Waals surface area contributed by atoms with Crippen molar-refractivity contribution in [3.8, 4) is 0 Å². The Balaban J connectivity index is 1.56. The van der Waals surface area contributed by atoms with Gasteiger partial charge in [0.1, 0.15) is 16.2 Å². The van der Waals surface area contributed by atoms with Gasteiger partial charge >= 0.3 is 0 Å². The molecule has 4 rings (SSSR count). The van der Waals surface area contributed by atoms with Crippen molar-refractivity contribution >= 4 is 54.1 Å². The maximum Gasteiger partial charge on any atom is 0.280 e. The van der Waals surface area contributed by atoms with Crippen molar-refractivity contribution in [3.63, 3.8) is 0 Å². The van der Waals surface area contributed by atoms with Crippen LogP contribution in [0.5, 0.6) is 0 Å². The summed E-state index contributed by atoms with van der Waals surface area (Å²) in [5, 5.41) is 10.2. The van der Waals surface area contributed by atoms with Gasteiger partial charge in [0.2, 0.25) is 0 Å². The van der Waals surface area contributed by atoms with Gasteiger partial charge in [0.25, 0.3) is 5.91 Å². The number of amides is 1. The summed E-state index contributed by atoms with van der Waals surface area (Å²) in [5.41, 5.74) is 1.04. The first-order chi connectivity index (χ1) is 17.4. The first-order valence-electron chi connectivity index (χ1n) is 11.3. The van der Waals surface area contributed by atoms with Crippen LogP contribution in [0.15, 0.2) is 46.4 Å². The molecule has 2 N–H and O–H groups in total. The zero-order chi connectivity index (χ0) is 25.5. The fourth-order valence-corrected chi connectivity index (χ4v) is 5.56. The molecule has 36 heavy (non-hydrogen) atoms. The van der Waals surface area contributed by atoms with Crippen LogP contribution in [-0.2, 0) is 28.9 Å². The Morgan fingerprint density at radius 3 is 2.72 bits per heavy atom.